The zero-order valence-corrected chi connectivity index (χ0v) is 15.7. The molecule has 0 bridgehead atoms. The summed E-state index contributed by atoms with van der Waals surface area (Å²) < 4.78 is 12.3. The standard InChI is InChI=1S/C13H14N6O3S.2ClH/c1-3-10-16-18-12(19(10)14)17-15-6-7-4-8(21-2)11-9(5-7)23-13(20)22-11;;/h4-6H,3,14H2,1-2H3,(H,17,18);2*1H/b15-6+;;. The summed E-state index contributed by atoms with van der Waals surface area (Å²) in [6.45, 7) is 1.93. The molecule has 3 aromatic rings. The van der Waals surface area contributed by atoms with E-state index in [0.29, 0.717) is 34.2 Å². The van der Waals surface area contributed by atoms with Crippen LogP contribution in [0.25, 0.3) is 10.3 Å². The second-order valence-corrected chi connectivity index (χ2v) is 5.52. The van der Waals surface area contributed by atoms with E-state index in [0.717, 1.165) is 16.9 Å². The highest BCUT2D eigenvalue weighted by atomic mass is 35.5. The number of hydrogen-bond donors (Lipinski definition) is 2. The van der Waals surface area contributed by atoms with Crippen molar-refractivity contribution in [3.63, 3.8) is 0 Å². The van der Waals surface area contributed by atoms with E-state index < -0.39 is 0 Å². The maximum atomic E-state index is 11.4. The zero-order chi connectivity index (χ0) is 16.4. The molecule has 0 aliphatic rings. The van der Waals surface area contributed by atoms with Crippen LogP contribution >= 0.6 is 36.2 Å². The van der Waals surface area contributed by atoms with Crippen molar-refractivity contribution < 1.29 is 9.15 Å². The smallest absolute Gasteiger partial charge is 0.396 e. The van der Waals surface area contributed by atoms with Crippen LogP contribution in [0.3, 0.4) is 0 Å². The molecule has 1 aromatic carbocycles. The second kappa shape index (κ2) is 8.70. The molecular formula is C13H16Cl2N6O3S. The fourth-order valence-electron chi connectivity index (χ4n) is 2.00. The largest absolute Gasteiger partial charge is 0.493 e. The molecule has 0 fully saturated rings. The van der Waals surface area contributed by atoms with Gasteiger partial charge in [0.1, 0.15) is 0 Å². The lowest BCUT2D eigenvalue weighted by Gasteiger charge is -2.02. The highest BCUT2D eigenvalue weighted by molar-refractivity contribution is 7.16. The Morgan fingerprint density at radius 3 is 2.84 bits per heavy atom. The average molecular weight is 407 g/mol. The summed E-state index contributed by atoms with van der Waals surface area (Å²) in [5.74, 6) is 7.26. The minimum atomic E-state index is -0.381. The Labute approximate surface area is 158 Å². The van der Waals surface area contributed by atoms with E-state index in [4.69, 9.17) is 15.0 Å². The number of ether oxygens (including phenoxy) is 1. The number of rotatable bonds is 5. The summed E-state index contributed by atoms with van der Waals surface area (Å²) in [6.07, 6.45) is 2.23. The Morgan fingerprint density at radius 2 is 2.20 bits per heavy atom. The van der Waals surface area contributed by atoms with E-state index in [-0.39, 0.29) is 29.8 Å². The van der Waals surface area contributed by atoms with Crippen molar-refractivity contribution in [1.82, 2.24) is 14.9 Å². The first-order chi connectivity index (χ1) is 11.1. The monoisotopic (exact) mass is 406 g/mol. The third-order valence-electron chi connectivity index (χ3n) is 3.10. The second-order valence-electron chi connectivity index (χ2n) is 4.54. The fourth-order valence-corrected chi connectivity index (χ4v) is 2.73. The lowest BCUT2D eigenvalue weighted by atomic mass is 10.2. The van der Waals surface area contributed by atoms with Crippen LogP contribution in [-0.2, 0) is 6.42 Å². The minimum Gasteiger partial charge on any atom is -0.493 e. The van der Waals surface area contributed by atoms with Gasteiger partial charge in [-0.25, -0.2) is 14.9 Å². The number of nitrogen functional groups attached to an aromatic ring is 1. The van der Waals surface area contributed by atoms with E-state index in [1.807, 2.05) is 6.92 Å². The molecule has 0 amide bonds. The Kier molecular flexibility index (Phi) is 7.22. The van der Waals surface area contributed by atoms with Gasteiger partial charge < -0.3 is 15.0 Å². The minimum absolute atomic E-state index is 0. The number of anilines is 1. The molecule has 3 rings (SSSR count). The van der Waals surface area contributed by atoms with Gasteiger partial charge in [-0.1, -0.05) is 18.3 Å². The molecule has 0 spiro atoms. The van der Waals surface area contributed by atoms with Crippen LogP contribution in [-0.4, -0.2) is 28.2 Å². The van der Waals surface area contributed by atoms with Gasteiger partial charge in [-0.3, -0.25) is 0 Å². The highest BCUT2D eigenvalue weighted by Gasteiger charge is 2.10. The van der Waals surface area contributed by atoms with E-state index >= 15 is 0 Å². The van der Waals surface area contributed by atoms with Gasteiger partial charge in [0.25, 0.3) is 5.95 Å². The first kappa shape index (κ1) is 20.7. The van der Waals surface area contributed by atoms with Gasteiger partial charge in [0.05, 0.1) is 18.0 Å². The Balaban J connectivity index is 0.00000156. The highest BCUT2D eigenvalue weighted by Crippen LogP contribution is 2.28. The molecular weight excluding hydrogens is 391 g/mol. The van der Waals surface area contributed by atoms with Crippen LogP contribution in [0, 0.1) is 0 Å². The van der Waals surface area contributed by atoms with Gasteiger partial charge in [-0.05, 0) is 17.7 Å². The summed E-state index contributed by atoms with van der Waals surface area (Å²) in [5.41, 5.74) is 3.88. The number of nitrogens with one attached hydrogen (secondary N) is 1. The molecule has 0 radical (unpaired) electrons. The SMILES string of the molecule is CCc1nnc(N/N=C/c2cc(OC)c3oc(=O)sc3c2)n1N.Cl.Cl. The van der Waals surface area contributed by atoms with Crippen molar-refractivity contribution in [2.24, 2.45) is 5.10 Å². The third-order valence-corrected chi connectivity index (χ3v) is 3.88. The van der Waals surface area contributed by atoms with Gasteiger partial charge in [-0.15, -0.1) is 35.0 Å². The molecule has 2 aromatic heterocycles. The summed E-state index contributed by atoms with van der Waals surface area (Å²) in [5, 5.41) is 11.9. The van der Waals surface area contributed by atoms with Crippen molar-refractivity contribution in [1.29, 1.82) is 0 Å². The van der Waals surface area contributed by atoms with Crippen molar-refractivity contribution in [2.45, 2.75) is 13.3 Å². The van der Waals surface area contributed by atoms with Crippen LogP contribution in [0.2, 0.25) is 0 Å². The fraction of sp³-hybridized carbons (Fsp3) is 0.231. The van der Waals surface area contributed by atoms with Gasteiger partial charge in [0, 0.05) is 6.42 Å². The van der Waals surface area contributed by atoms with Gasteiger partial charge in [-0.2, -0.15) is 5.10 Å². The first-order valence-electron chi connectivity index (χ1n) is 6.72. The molecule has 2 heterocycles. The van der Waals surface area contributed by atoms with Gasteiger partial charge in [0.15, 0.2) is 17.2 Å². The van der Waals surface area contributed by atoms with Crippen LogP contribution in [0.15, 0.2) is 26.4 Å². The number of nitrogens with zero attached hydrogens (tertiary/aromatic N) is 4. The zero-order valence-electron chi connectivity index (χ0n) is 13.3. The molecule has 0 saturated carbocycles. The van der Waals surface area contributed by atoms with Gasteiger partial charge in [0.2, 0.25) is 0 Å². The Hall–Kier alpha value is -2.30. The van der Waals surface area contributed by atoms with E-state index in [9.17, 15) is 4.79 Å². The number of hydrazone groups is 1. The third kappa shape index (κ3) is 4.21. The first-order valence-corrected chi connectivity index (χ1v) is 7.54. The van der Waals surface area contributed by atoms with Crippen LogP contribution < -0.4 is 20.9 Å². The molecule has 25 heavy (non-hydrogen) atoms. The summed E-state index contributed by atoms with van der Waals surface area (Å²) in [6, 6.07) is 3.50. The van der Waals surface area contributed by atoms with E-state index in [2.05, 4.69) is 20.7 Å². The normalized spacial score (nSPS) is 10.5. The van der Waals surface area contributed by atoms with E-state index in [1.165, 1.54) is 11.8 Å². The number of hydrogen-bond acceptors (Lipinski definition) is 9. The molecule has 0 unspecified atom stereocenters. The quantitative estimate of drug-likeness (QED) is 0.377. The Morgan fingerprint density at radius 1 is 1.44 bits per heavy atom. The topological polar surface area (TPSA) is 121 Å². The number of benzene rings is 1. The molecule has 9 nitrogen and oxygen atoms in total. The predicted octanol–water partition coefficient (Wildman–Crippen LogP) is 2.02. The lowest BCUT2D eigenvalue weighted by molar-refractivity contribution is 0.408. The van der Waals surface area contributed by atoms with Crippen LogP contribution in [0.1, 0.15) is 18.3 Å². The van der Waals surface area contributed by atoms with Gasteiger partial charge >= 0.3 is 4.94 Å². The summed E-state index contributed by atoms with van der Waals surface area (Å²) in [7, 11) is 1.51. The number of aromatic nitrogens is 3. The predicted molar refractivity (Wildman–Crippen MR) is 102 cm³/mol. The number of methoxy groups -OCH3 is 1. The molecule has 12 heteroatoms. The molecule has 0 saturated heterocycles. The average Bonchev–Trinajstić information content (AvgIpc) is 3.08. The summed E-state index contributed by atoms with van der Waals surface area (Å²) in [4.78, 5) is 11.0. The van der Waals surface area contributed by atoms with Crippen molar-refractivity contribution in [3.8, 4) is 5.75 Å². The van der Waals surface area contributed by atoms with Crippen LogP contribution in [0.4, 0.5) is 5.95 Å². The lowest BCUT2D eigenvalue weighted by Crippen LogP contribution is -2.14. The van der Waals surface area contributed by atoms with E-state index in [1.54, 1.807) is 18.3 Å². The maximum Gasteiger partial charge on any atom is 0.396 e. The molecule has 0 aliphatic carbocycles. The van der Waals surface area contributed by atoms with Crippen molar-refractivity contribution in [3.05, 3.63) is 33.3 Å². The van der Waals surface area contributed by atoms with Crippen LogP contribution in [0.5, 0.6) is 5.75 Å². The number of halogens is 2. The molecule has 0 atom stereocenters. The molecule has 3 N–H and O–H groups in total. The molecule has 136 valence electrons. The number of nitrogens with two attached hydrogens (primary N) is 1. The van der Waals surface area contributed by atoms with Crippen molar-refractivity contribution in [2.75, 3.05) is 18.4 Å². The number of fused-ring (bicyclic) bond motifs is 1. The Bertz CT molecular complexity index is 936. The molecule has 0 aliphatic heterocycles. The van der Waals surface area contributed by atoms with Crippen molar-refractivity contribution >= 4 is 58.6 Å². The maximum absolute atomic E-state index is 11.4. The number of aryl methyl sites for hydroxylation is 1. The summed E-state index contributed by atoms with van der Waals surface area (Å²) >= 11 is 1.00.